The largest absolute Gasteiger partial charge is 0.478 e. The number of amides is 3. The van der Waals surface area contributed by atoms with Gasteiger partial charge in [0.25, 0.3) is 5.91 Å². The third-order valence-corrected chi connectivity index (χ3v) is 8.20. The highest BCUT2D eigenvalue weighted by Gasteiger charge is 2.61. The van der Waals surface area contributed by atoms with Crippen molar-refractivity contribution in [3.63, 3.8) is 0 Å². The van der Waals surface area contributed by atoms with Gasteiger partial charge in [0.1, 0.15) is 0 Å². The molecule has 8 rings (SSSR count). The summed E-state index contributed by atoms with van der Waals surface area (Å²) in [5.74, 6) is -3.38. The molecule has 190 valence electrons. The van der Waals surface area contributed by atoms with Crippen molar-refractivity contribution in [1.29, 1.82) is 0 Å². The molecule has 4 aliphatic rings. The maximum Gasteiger partial charge on any atom is 0.335 e. The predicted molar refractivity (Wildman–Crippen MR) is 144 cm³/mol. The van der Waals surface area contributed by atoms with Gasteiger partial charge in [0.05, 0.1) is 23.1 Å². The number of carboxylic acid groups (broad SMARTS) is 1. The van der Waals surface area contributed by atoms with E-state index in [1.807, 2.05) is 24.3 Å². The highest BCUT2D eigenvalue weighted by molar-refractivity contribution is 6.23. The number of aromatic carboxylic acids is 1. The Morgan fingerprint density at radius 3 is 1.64 bits per heavy atom. The maximum atomic E-state index is 14.0. The lowest BCUT2D eigenvalue weighted by Crippen LogP contribution is -2.41. The highest BCUT2D eigenvalue weighted by Crippen LogP contribution is 2.61. The lowest BCUT2D eigenvalue weighted by Gasteiger charge is -2.45. The Morgan fingerprint density at radius 2 is 1.15 bits per heavy atom. The Labute approximate surface area is 223 Å². The van der Waals surface area contributed by atoms with Crippen LogP contribution in [0.15, 0.2) is 97.1 Å². The van der Waals surface area contributed by atoms with Gasteiger partial charge in [-0.15, -0.1) is 0 Å². The summed E-state index contributed by atoms with van der Waals surface area (Å²) in [6.07, 6.45) is 0. The van der Waals surface area contributed by atoms with Crippen molar-refractivity contribution >= 4 is 35.1 Å². The smallest absolute Gasteiger partial charge is 0.335 e. The van der Waals surface area contributed by atoms with Gasteiger partial charge in [-0.3, -0.25) is 14.4 Å². The fraction of sp³-hybridized carbons (Fsp3) is 0.125. The zero-order chi connectivity index (χ0) is 26.8. The first-order chi connectivity index (χ1) is 18.9. The molecule has 2 atom stereocenters. The zero-order valence-corrected chi connectivity index (χ0v) is 20.6. The molecule has 0 aromatic heterocycles. The minimum absolute atomic E-state index is 0.112. The normalized spacial score (nSPS) is 22.2. The van der Waals surface area contributed by atoms with Crippen LogP contribution < -0.4 is 10.2 Å². The first-order valence-electron chi connectivity index (χ1n) is 12.7. The van der Waals surface area contributed by atoms with Crippen molar-refractivity contribution < 1.29 is 24.3 Å². The Balaban J connectivity index is 1.22. The minimum Gasteiger partial charge on any atom is -0.478 e. The number of carbonyl (C=O) groups is 4. The molecule has 1 heterocycles. The average molecular weight is 515 g/mol. The third-order valence-electron chi connectivity index (χ3n) is 8.20. The van der Waals surface area contributed by atoms with Crippen LogP contribution in [-0.4, -0.2) is 28.8 Å². The van der Waals surface area contributed by atoms with Gasteiger partial charge in [0, 0.05) is 23.1 Å². The van der Waals surface area contributed by atoms with Crippen molar-refractivity contribution in [2.45, 2.75) is 11.8 Å². The summed E-state index contributed by atoms with van der Waals surface area (Å²) in [4.78, 5) is 53.3. The van der Waals surface area contributed by atoms with Crippen LogP contribution in [0, 0.1) is 11.8 Å². The number of rotatable bonds is 4. The fourth-order valence-corrected chi connectivity index (χ4v) is 6.62. The van der Waals surface area contributed by atoms with Crippen molar-refractivity contribution in [2.24, 2.45) is 11.8 Å². The highest BCUT2D eigenvalue weighted by atomic mass is 16.4. The van der Waals surface area contributed by atoms with E-state index >= 15 is 0 Å². The van der Waals surface area contributed by atoms with Crippen LogP contribution >= 0.6 is 0 Å². The number of hydrogen-bond donors (Lipinski definition) is 2. The number of benzene rings is 4. The van der Waals surface area contributed by atoms with Crippen LogP contribution in [-0.2, 0) is 9.59 Å². The van der Waals surface area contributed by atoms with Crippen LogP contribution in [0.1, 0.15) is 54.8 Å². The van der Waals surface area contributed by atoms with Gasteiger partial charge >= 0.3 is 5.97 Å². The van der Waals surface area contributed by atoms with Gasteiger partial charge in [-0.05, 0) is 64.7 Å². The summed E-state index contributed by atoms with van der Waals surface area (Å²) in [5, 5.41) is 11.8. The molecule has 3 aliphatic carbocycles. The molecular formula is C32H22N2O5. The van der Waals surface area contributed by atoms with Gasteiger partial charge in [-0.25, -0.2) is 9.69 Å². The molecule has 1 fully saturated rings. The summed E-state index contributed by atoms with van der Waals surface area (Å²) < 4.78 is 0. The quantitative estimate of drug-likeness (QED) is 0.372. The van der Waals surface area contributed by atoms with Gasteiger partial charge in [0.15, 0.2) is 0 Å². The average Bonchev–Trinajstić information content (AvgIpc) is 3.23. The molecule has 39 heavy (non-hydrogen) atoms. The molecule has 7 nitrogen and oxygen atoms in total. The monoisotopic (exact) mass is 514 g/mol. The first kappa shape index (κ1) is 23.1. The van der Waals surface area contributed by atoms with E-state index in [2.05, 4.69) is 29.6 Å². The second-order valence-corrected chi connectivity index (χ2v) is 10.2. The molecule has 3 amide bonds. The van der Waals surface area contributed by atoms with Crippen LogP contribution in [0.2, 0.25) is 0 Å². The van der Waals surface area contributed by atoms with Crippen molar-refractivity contribution in [1.82, 2.24) is 0 Å². The lowest BCUT2D eigenvalue weighted by atomic mass is 9.55. The van der Waals surface area contributed by atoms with E-state index in [0.29, 0.717) is 11.4 Å². The number of anilines is 2. The Bertz CT molecular complexity index is 1590. The standard InChI is InChI=1S/C32H22N2O5/c35-29(33-19-14-12-17(13-15-19)32(38)39)18-6-5-7-20(16-18)34-30(36)27-25-21-8-1-2-9-22(21)26(28(27)31(34)37)24-11-4-3-10-23(24)25/h1-16,25-28H,(H,33,35)(H,38,39). The molecular weight excluding hydrogens is 492 g/mol. The number of nitrogens with zero attached hydrogens (tertiary/aromatic N) is 1. The maximum absolute atomic E-state index is 14.0. The van der Waals surface area contributed by atoms with E-state index < -0.39 is 23.7 Å². The lowest BCUT2D eigenvalue weighted by molar-refractivity contribution is -0.122. The van der Waals surface area contributed by atoms with Gasteiger partial charge in [-0.2, -0.15) is 0 Å². The molecule has 2 unspecified atom stereocenters. The van der Waals surface area contributed by atoms with Crippen LogP contribution in [0.5, 0.6) is 0 Å². The number of carbonyl (C=O) groups excluding carboxylic acids is 3. The first-order valence-corrected chi connectivity index (χ1v) is 12.7. The molecule has 4 aromatic carbocycles. The fourth-order valence-electron chi connectivity index (χ4n) is 6.62. The Hall–Kier alpha value is -5.04. The summed E-state index contributed by atoms with van der Waals surface area (Å²) in [7, 11) is 0. The topological polar surface area (TPSA) is 104 Å². The van der Waals surface area contributed by atoms with Crippen molar-refractivity contribution in [3.8, 4) is 0 Å². The van der Waals surface area contributed by atoms with E-state index in [9.17, 15) is 19.2 Å². The van der Waals surface area contributed by atoms with Crippen LogP contribution in [0.25, 0.3) is 0 Å². The molecule has 2 N–H and O–H groups in total. The summed E-state index contributed by atoms with van der Waals surface area (Å²) >= 11 is 0. The van der Waals surface area contributed by atoms with Gasteiger partial charge in [0.2, 0.25) is 11.8 Å². The Kier molecular flexibility index (Phi) is 5.03. The molecule has 0 radical (unpaired) electrons. The second-order valence-electron chi connectivity index (χ2n) is 10.2. The summed E-state index contributed by atoms with van der Waals surface area (Å²) in [6.45, 7) is 0. The zero-order valence-electron chi connectivity index (χ0n) is 20.6. The van der Waals surface area contributed by atoms with E-state index in [4.69, 9.17) is 5.11 Å². The number of hydrogen-bond acceptors (Lipinski definition) is 4. The molecule has 1 saturated heterocycles. The third kappa shape index (κ3) is 3.36. The predicted octanol–water partition coefficient (Wildman–Crippen LogP) is 5.03. The molecule has 2 bridgehead atoms. The van der Waals surface area contributed by atoms with Crippen molar-refractivity contribution in [3.05, 3.63) is 130 Å². The summed E-state index contributed by atoms with van der Waals surface area (Å²) in [6, 6.07) is 28.5. The van der Waals surface area contributed by atoms with E-state index in [-0.39, 0.29) is 34.8 Å². The molecule has 4 aromatic rings. The summed E-state index contributed by atoms with van der Waals surface area (Å²) in [5.41, 5.74) is 5.60. The van der Waals surface area contributed by atoms with Gasteiger partial charge < -0.3 is 10.4 Å². The molecule has 1 aliphatic heterocycles. The van der Waals surface area contributed by atoms with Crippen molar-refractivity contribution in [2.75, 3.05) is 10.2 Å². The van der Waals surface area contributed by atoms with E-state index in [1.165, 1.54) is 29.2 Å². The SMILES string of the molecule is O=C(O)c1ccc(NC(=O)c2cccc(N3C(=O)C4C5c6ccccc6C(c6ccccc65)C4C3=O)c2)cc1. The van der Waals surface area contributed by atoms with Crippen LogP contribution in [0.4, 0.5) is 11.4 Å². The van der Waals surface area contributed by atoms with Gasteiger partial charge in [-0.1, -0.05) is 54.6 Å². The van der Waals surface area contributed by atoms with E-state index in [1.54, 1.807) is 24.3 Å². The number of carboxylic acids is 1. The molecule has 0 spiro atoms. The number of nitrogens with one attached hydrogen (secondary N) is 1. The molecule has 7 heteroatoms. The molecule has 0 saturated carbocycles. The van der Waals surface area contributed by atoms with Crippen LogP contribution in [0.3, 0.4) is 0 Å². The minimum atomic E-state index is -1.05. The van der Waals surface area contributed by atoms with E-state index in [0.717, 1.165) is 22.3 Å². The number of imide groups is 1. The second kappa shape index (κ2) is 8.49. The Morgan fingerprint density at radius 1 is 0.641 bits per heavy atom.